The molecule has 2 amide bonds. The predicted molar refractivity (Wildman–Crippen MR) is 155 cm³/mol. The number of anilines is 1. The van der Waals surface area contributed by atoms with Crippen molar-refractivity contribution < 1.29 is 19.1 Å². The fourth-order valence-electron chi connectivity index (χ4n) is 6.30. The summed E-state index contributed by atoms with van der Waals surface area (Å²) in [6, 6.07) is 15.1. The van der Waals surface area contributed by atoms with Gasteiger partial charge in [0, 0.05) is 38.0 Å². The zero-order chi connectivity index (χ0) is 28.0. The van der Waals surface area contributed by atoms with Crippen LogP contribution in [0.5, 0.6) is 0 Å². The first kappa shape index (κ1) is 27.7. The first-order chi connectivity index (χ1) is 20.2. The Balaban J connectivity index is 1.31. The van der Waals surface area contributed by atoms with E-state index in [1.165, 1.54) is 6.42 Å². The first-order valence-corrected chi connectivity index (χ1v) is 15.1. The zero-order valence-electron chi connectivity index (χ0n) is 23.6. The van der Waals surface area contributed by atoms with Gasteiger partial charge in [0.2, 0.25) is 11.8 Å². The monoisotopic (exact) mass is 560 g/mol. The molecule has 0 spiro atoms. The molecule has 41 heavy (non-hydrogen) atoms. The molecule has 2 aliphatic heterocycles. The Kier molecular flexibility index (Phi) is 8.77. The molecule has 2 aromatic carbocycles. The highest BCUT2D eigenvalue weighted by Crippen LogP contribution is 2.29. The van der Waals surface area contributed by atoms with Gasteiger partial charge in [-0.05, 0) is 55.5 Å². The maximum atomic E-state index is 14.1. The quantitative estimate of drug-likeness (QED) is 0.428. The van der Waals surface area contributed by atoms with Crippen molar-refractivity contribution in [2.24, 2.45) is 0 Å². The van der Waals surface area contributed by atoms with Crippen molar-refractivity contribution in [3.05, 3.63) is 54.1 Å². The van der Waals surface area contributed by atoms with Gasteiger partial charge in [0.05, 0.1) is 24.8 Å². The van der Waals surface area contributed by atoms with Crippen LogP contribution in [0.25, 0.3) is 11.0 Å². The summed E-state index contributed by atoms with van der Waals surface area (Å²) in [5.41, 5.74) is 3.41. The lowest BCUT2D eigenvalue weighted by molar-refractivity contribution is -0.143. The molecule has 0 bridgehead atoms. The second kappa shape index (κ2) is 13.0. The number of carbonyl (C=O) groups excluding carboxylic acids is 2. The molecule has 218 valence electrons. The Bertz CT molecular complexity index is 1310. The maximum Gasteiger partial charge on any atom is 0.247 e. The Morgan fingerprint density at radius 3 is 2.49 bits per heavy atom. The van der Waals surface area contributed by atoms with Crippen LogP contribution in [0.2, 0.25) is 0 Å². The molecular formula is C31H40N6O4. The first-order valence-electron chi connectivity index (χ1n) is 15.1. The minimum Gasteiger partial charge on any atom is -0.378 e. The molecule has 6 rings (SSSR count). The van der Waals surface area contributed by atoms with Crippen molar-refractivity contribution in [1.82, 2.24) is 25.2 Å². The highest BCUT2D eigenvalue weighted by molar-refractivity contribution is 5.89. The lowest BCUT2D eigenvalue weighted by Crippen LogP contribution is -2.50. The third kappa shape index (κ3) is 6.54. The molecule has 1 aliphatic carbocycles. The number of fused-ring (bicyclic) bond motifs is 1. The summed E-state index contributed by atoms with van der Waals surface area (Å²) >= 11 is 0. The predicted octanol–water partition coefficient (Wildman–Crippen LogP) is 3.47. The molecule has 3 aromatic rings. The lowest BCUT2D eigenvalue weighted by atomic mass is 9.94. The largest absolute Gasteiger partial charge is 0.378 e. The van der Waals surface area contributed by atoms with Gasteiger partial charge in [-0.3, -0.25) is 9.59 Å². The van der Waals surface area contributed by atoms with E-state index in [0.29, 0.717) is 26.4 Å². The van der Waals surface area contributed by atoms with Gasteiger partial charge >= 0.3 is 0 Å². The third-order valence-electron chi connectivity index (χ3n) is 8.55. The van der Waals surface area contributed by atoms with E-state index in [1.54, 1.807) is 9.58 Å². The van der Waals surface area contributed by atoms with E-state index in [4.69, 9.17) is 9.47 Å². The summed E-state index contributed by atoms with van der Waals surface area (Å²) in [5.74, 6) is -0.317. The van der Waals surface area contributed by atoms with E-state index >= 15 is 0 Å². The number of hydrogen-bond acceptors (Lipinski definition) is 7. The molecule has 3 aliphatic rings. The van der Waals surface area contributed by atoms with Crippen molar-refractivity contribution in [2.75, 3.05) is 44.4 Å². The number of hydrogen-bond donors (Lipinski definition) is 1. The van der Waals surface area contributed by atoms with Crippen LogP contribution in [0.4, 0.5) is 5.69 Å². The molecule has 1 aromatic heterocycles. The van der Waals surface area contributed by atoms with Gasteiger partial charge in [0.1, 0.15) is 18.1 Å². The summed E-state index contributed by atoms with van der Waals surface area (Å²) < 4.78 is 13.1. The second-order valence-electron chi connectivity index (χ2n) is 11.4. The van der Waals surface area contributed by atoms with E-state index < -0.39 is 6.04 Å². The van der Waals surface area contributed by atoms with Crippen molar-refractivity contribution in [3.63, 3.8) is 0 Å². The van der Waals surface area contributed by atoms with Crippen LogP contribution in [-0.4, -0.2) is 83.3 Å². The number of rotatable bonds is 9. The molecule has 10 heteroatoms. The smallest absolute Gasteiger partial charge is 0.247 e. The average molecular weight is 561 g/mol. The topological polar surface area (TPSA) is 102 Å². The normalized spacial score (nSPS) is 20.7. The summed E-state index contributed by atoms with van der Waals surface area (Å²) in [4.78, 5) is 32.3. The summed E-state index contributed by atoms with van der Waals surface area (Å²) in [6.45, 7) is 4.09. The number of benzene rings is 2. The van der Waals surface area contributed by atoms with Crippen LogP contribution in [0, 0.1) is 0 Å². The molecule has 2 saturated heterocycles. The highest BCUT2D eigenvalue weighted by atomic mass is 16.5. The van der Waals surface area contributed by atoms with Crippen LogP contribution in [0.15, 0.2) is 48.5 Å². The molecular weight excluding hydrogens is 520 g/mol. The number of ether oxygens (including phenoxy) is 2. The molecule has 3 fully saturated rings. The minimum atomic E-state index is -0.776. The minimum absolute atomic E-state index is 0.00764. The maximum absolute atomic E-state index is 14.1. The van der Waals surface area contributed by atoms with Crippen molar-refractivity contribution in [1.29, 1.82) is 0 Å². The van der Waals surface area contributed by atoms with Crippen LogP contribution < -0.4 is 10.2 Å². The molecule has 3 heterocycles. The van der Waals surface area contributed by atoms with E-state index in [0.717, 1.165) is 73.9 Å². The SMILES string of the molecule is O=C(NC1CCCCC1)C(c1ccc(N2CCOCC2)cc1)N(CC1CCCO1)C(=O)Cn1nnc2ccccc21. The van der Waals surface area contributed by atoms with Crippen LogP contribution >= 0.6 is 0 Å². The van der Waals surface area contributed by atoms with Gasteiger partial charge in [0.25, 0.3) is 0 Å². The van der Waals surface area contributed by atoms with E-state index in [2.05, 4.69) is 32.7 Å². The van der Waals surface area contributed by atoms with Gasteiger partial charge in [-0.15, -0.1) is 5.10 Å². The summed E-state index contributed by atoms with van der Waals surface area (Å²) in [6.07, 6.45) is 7.08. The third-order valence-corrected chi connectivity index (χ3v) is 8.55. The molecule has 2 atom stereocenters. The van der Waals surface area contributed by atoms with E-state index in [9.17, 15) is 9.59 Å². The Labute approximate surface area is 241 Å². The Morgan fingerprint density at radius 1 is 0.951 bits per heavy atom. The van der Waals surface area contributed by atoms with Crippen LogP contribution in [0.1, 0.15) is 56.6 Å². The number of aromatic nitrogens is 3. The Morgan fingerprint density at radius 2 is 1.73 bits per heavy atom. The molecule has 2 unspecified atom stereocenters. The van der Waals surface area contributed by atoms with Crippen molar-refractivity contribution >= 4 is 28.5 Å². The number of carbonyl (C=O) groups is 2. The van der Waals surface area contributed by atoms with Crippen molar-refractivity contribution in [3.8, 4) is 0 Å². The van der Waals surface area contributed by atoms with Gasteiger partial charge in [-0.2, -0.15) is 0 Å². The van der Waals surface area contributed by atoms with Gasteiger partial charge in [-0.25, -0.2) is 4.68 Å². The number of morpholine rings is 1. The number of nitrogens with zero attached hydrogens (tertiary/aromatic N) is 5. The number of amides is 2. The second-order valence-corrected chi connectivity index (χ2v) is 11.4. The van der Waals surface area contributed by atoms with Crippen molar-refractivity contribution in [2.45, 2.75) is 69.7 Å². The average Bonchev–Trinajstić information content (AvgIpc) is 3.68. The highest BCUT2D eigenvalue weighted by Gasteiger charge is 2.35. The molecule has 10 nitrogen and oxygen atoms in total. The number of para-hydroxylation sites is 1. The zero-order valence-corrected chi connectivity index (χ0v) is 23.6. The van der Waals surface area contributed by atoms with Crippen LogP contribution in [-0.2, 0) is 25.6 Å². The van der Waals surface area contributed by atoms with Gasteiger partial charge in [0.15, 0.2) is 0 Å². The molecule has 1 N–H and O–H groups in total. The van der Waals surface area contributed by atoms with Crippen LogP contribution in [0.3, 0.4) is 0 Å². The fourth-order valence-corrected chi connectivity index (χ4v) is 6.30. The fraction of sp³-hybridized carbons (Fsp3) is 0.548. The lowest BCUT2D eigenvalue weighted by Gasteiger charge is -2.35. The Hall–Kier alpha value is -3.50. The standard InChI is InChI=1S/C31H40N6O4/c38-29(22-37-28-11-5-4-10-27(28)33-34-37)36(21-26-9-6-18-41-26)30(31(39)32-24-7-2-1-3-8-24)23-12-14-25(15-13-23)35-16-19-40-20-17-35/h4-5,10-15,24,26,30H,1-3,6-9,16-22H2,(H,32,39). The molecule has 0 radical (unpaired) electrons. The number of nitrogens with one attached hydrogen (secondary N) is 1. The summed E-state index contributed by atoms with van der Waals surface area (Å²) in [7, 11) is 0. The molecule has 1 saturated carbocycles. The van der Waals surface area contributed by atoms with E-state index in [1.807, 2.05) is 36.4 Å². The summed E-state index contributed by atoms with van der Waals surface area (Å²) in [5, 5.41) is 11.8. The van der Waals surface area contributed by atoms with E-state index in [-0.39, 0.29) is 30.5 Å². The van der Waals surface area contributed by atoms with Gasteiger partial charge in [-0.1, -0.05) is 48.7 Å². The van der Waals surface area contributed by atoms with Gasteiger partial charge < -0.3 is 24.6 Å².